The molecule has 0 aliphatic carbocycles. The van der Waals surface area contributed by atoms with E-state index < -0.39 is 17.1 Å². The van der Waals surface area contributed by atoms with E-state index in [9.17, 15) is 13.6 Å². The van der Waals surface area contributed by atoms with Crippen LogP contribution in [0.4, 0.5) is 8.78 Å². The Kier molecular flexibility index (Phi) is 6.08. The number of hydrogen-bond donors (Lipinski definition) is 0. The first kappa shape index (κ1) is 13.7. The maximum Gasteiger partial charge on any atom is 0.315 e. The summed E-state index contributed by atoms with van der Waals surface area (Å²) < 4.78 is 30.8. The highest BCUT2D eigenvalue weighted by molar-refractivity contribution is 7.99. The summed E-state index contributed by atoms with van der Waals surface area (Å²) in [5.41, 5.74) is 0. The van der Waals surface area contributed by atoms with Crippen molar-refractivity contribution in [2.45, 2.75) is 31.4 Å². The number of esters is 1. The molecule has 0 aromatic heterocycles. The zero-order chi connectivity index (χ0) is 11.2. The van der Waals surface area contributed by atoms with Gasteiger partial charge in [-0.25, -0.2) is 0 Å². The third-order valence-electron chi connectivity index (χ3n) is 2.01. The summed E-state index contributed by atoms with van der Waals surface area (Å²) in [6.07, 6.45) is 2.87. The molecule has 0 aromatic carbocycles. The fourth-order valence-corrected chi connectivity index (χ4v) is 1.61. The standard InChI is InChI=1S/C9H16F2O2S/c1-4-5-6-7(8(12)13-2)9(10,11)14-3/h7H,4-6H2,1-3H3. The number of rotatable bonds is 6. The largest absolute Gasteiger partial charge is 0.469 e. The molecule has 0 fully saturated rings. The quantitative estimate of drug-likeness (QED) is 0.651. The minimum Gasteiger partial charge on any atom is -0.469 e. The van der Waals surface area contributed by atoms with Crippen molar-refractivity contribution in [3.05, 3.63) is 0 Å². The Hall–Kier alpha value is -0.320. The molecule has 0 N–H and O–H groups in total. The molecule has 0 radical (unpaired) electrons. The summed E-state index contributed by atoms with van der Waals surface area (Å²) in [5, 5.41) is -3.03. The Labute approximate surface area is 87.4 Å². The molecule has 0 amide bonds. The minimum atomic E-state index is -3.03. The number of methoxy groups -OCH3 is 1. The van der Waals surface area contributed by atoms with Crippen molar-refractivity contribution >= 4 is 17.7 Å². The minimum absolute atomic E-state index is 0.178. The van der Waals surface area contributed by atoms with Gasteiger partial charge in [0.05, 0.1) is 7.11 Å². The van der Waals surface area contributed by atoms with E-state index in [0.717, 1.165) is 13.5 Å². The lowest BCUT2D eigenvalue weighted by Gasteiger charge is -2.22. The number of carbonyl (C=O) groups is 1. The number of halogens is 2. The third-order valence-corrected chi connectivity index (χ3v) is 2.84. The van der Waals surface area contributed by atoms with Crippen LogP contribution in [0.3, 0.4) is 0 Å². The Bertz CT molecular complexity index is 186. The summed E-state index contributed by atoms with van der Waals surface area (Å²) in [4.78, 5) is 11.1. The first-order valence-corrected chi connectivity index (χ1v) is 5.72. The van der Waals surface area contributed by atoms with Crippen LogP contribution in [0.5, 0.6) is 0 Å². The summed E-state index contributed by atoms with van der Waals surface area (Å²) in [6.45, 7) is 1.89. The number of carbonyl (C=O) groups excluding carboxylic acids is 1. The fourth-order valence-electron chi connectivity index (χ4n) is 1.12. The van der Waals surface area contributed by atoms with Crippen LogP contribution in [-0.2, 0) is 9.53 Å². The lowest BCUT2D eigenvalue weighted by molar-refractivity contribution is -0.153. The van der Waals surface area contributed by atoms with E-state index in [1.165, 1.54) is 6.26 Å². The van der Waals surface area contributed by atoms with Crippen LogP contribution in [0, 0.1) is 5.92 Å². The van der Waals surface area contributed by atoms with Gasteiger partial charge in [0.25, 0.3) is 0 Å². The molecular weight excluding hydrogens is 210 g/mol. The van der Waals surface area contributed by atoms with Gasteiger partial charge in [-0.3, -0.25) is 4.79 Å². The molecule has 0 saturated heterocycles. The van der Waals surface area contributed by atoms with Crippen LogP contribution < -0.4 is 0 Å². The summed E-state index contributed by atoms with van der Waals surface area (Å²) >= 11 is 0.395. The van der Waals surface area contributed by atoms with Crippen LogP contribution in [-0.4, -0.2) is 24.6 Å². The second-order valence-electron chi connectivity index (χ2n) is 2.98. The molecule has 0 rings (SSSR count). The van der Waals surface area contributed by atoms with Crippen molar-refractivity contribution in [2.24, 2.45) is 5.92 Å². The van der Waals surface area contributed by atoms with Crippen molar-refractivity contribution in [1.82, 2.24) is 0 Å². The van der Waals surface area contributed by atoms with Gasteiger partial charge >= 0.3 is 11.2 Å². The molecule has 0 saturated carbocycles. The molecule has 0 heterocycles. The monoisotopic (exact) mass is 226 g/mol. The van der Waals surface area contributed by atoms with Crippen molar-refractivity contribution in [2.75, 3.05) is 13.4 Å². The SMILES string of the molecule is CCCCC(C(=O)OC)C(F)(F)SC. The van der Waals surface area contributed by atoms with Crippen LogP contribution in [0.1, 0.15) is 26.2 Å². The average molecular weight is 226 g/mol. The van der Waals surface area contributed by atoms with Gasteiger partial charge in [-0.2, -0.15) is 8.78 Å². The Morgan fingerprint density at radius 3 is 2.50 bits per heavy atom. The topological polar surface area (TPSA) is 26.3 Å². The zero-order valence-electron chi connectivity index (χ0n) is 8.68. The average Bonchev–Trinajstić information content (AvgIpc) is 2.17. The highest BCUT2D eigenvalue weighted by Gasteiger charge is 2.43. The van der Waals surface area contributed by atoms with E-state index in [0.29, 0.717) is 18.2 Å². The summed E-state index contributed by atoms with van der Waals surface area (Å²) in [5.74, 6) is -2.14. The molecular formula is C9H16F2O2S. The van der Waals surface area contributed by atoms with E-state index in [2.05, 4.69) is 4.74 Å². The predicted molar refractivity (Wildman–Crippen MR) is 53.5 cm³/mol. The summed E-state index contributed by atoms with van der Waals surface area (Å²) in [6, 6.07) is 0. The van der Waals surface area contributed by atoms with E-state index in [-0.39, 0.29) is 6.42 Å². The van der Waals surface area contributed by atoms with Gasteiger partial charge in [0.1, 0.15) is 5.92 Å². The molecule has 2 nitrogen and oxygen atoms in total. The highest BCUT2D eigenvalue weighted by atomic mass is 32.2. The van der Waals surface area contributed by atoms with Crippen LogP contribution in [0.2, 0.25) is 0 Å². The first-order chi connectivity index (χ1) is 6.49. The molecule has 1 unspecified atom stereocenters. The zero-order valence-corrected chi connectivity index (χ0v) is 9.50. The molecule has 1 atom stereocenters. The molecule has 14 heavy (non-hydrogen) atoms. The molecule has 0 aromatic rings. The van der Waals surface area contributed by atoms with Crippen LogP contribution in [0.15, 0.2) is 0 Å². The molecule has 5 heteroatoms. The van der Waals surface area contributed by atoms with E-state index in [1.807, 2.05) is 6.92 Å². The van der Waals surface area contributed by atoms with E-state index >= 15 is 0 Å². The number of alkyl halides is 2. The van der Waals surface area contributed by atoms with Crippen LogP contribution >= 0.6 is 11.8 Å². The van der Waals surface area contributed by atoms with Gasteiger partial charge in [-0.1, -0.05) is 31.5 Å². The van der Waals surface area contributed by atoms with Crippen molar-refractivity contribution in [1.29, 1.82) is 0 Å². The predicted octanol–water partition coefficient (Wildman–Crippen LogP) is 2.92. The maximum absolute atomic E-state index is 13.2. The summed E-state index contributed by atoms with van der Waals surface area (Å²) in [7, 11) is 1.14. The van der Waals surface area contributed by atoms with Gasteiger partial charge in [0.15, 0.2) is 0 Å². The number of ether oxygens (including phenoxy) is 1. The van der Waals surface area contributed by atoms with E-state index in [1.54, 1.807) is 0 Å². The highest BCUT2D eigenvalue weighted by Crippen LogP contribution is 2.38. The molecule has 0 aliphatic heterocycles. The second-order valence-corrected chi connectivity index (χ2v) is 3.94. The lowest BCUT2D eigenvalue weighted by Crippen LogP contribution is -2.32. The third kappa shape index (κ3) is 3.82. The lowest BCUT2D eigenvalue weighted by atomic mass is 10.0. The molecule has 0 bridgehead atoms. The number of thioether (sulfide) groups is 1. The maximum atomic E-state index is 13.2. The number of hydrogen-bond acceptors (Lipinski definition) is 3. The second kappa shape index (κ2) is 6.22. The molecule has 0 aliphatic rings. The first-order valence-electron chi connectivity index (χ1n) is 4.50. The Morgan fingerprint density at radius 2 is 2.14 bits per heavy atom. The van der Waals surface area contributed by atoms with Crippen molar-refractivity contribution in [3.8, 4) is 0 Å². The Morgan fingerprint density at radius 1 is 1.57 bits per heavy atom. The normalized spacial score (nSPS) is 13.8. The van der Waals surface area contributed by atoms with E-state index in [4.69, 9.17) is 0 Å². The number of unbranched alkanes of at least 4 members (excludes halogenated alkanes) is 1. The van der Waals surface area contributed by atoms with Crippen molar-refractivity contribution in [3.63, 3.8) is 0 Å². The van der Waals surface area contributed by atoms with Gasteiger partial charge in [-0.15, -0.1) is 0 Å². The Balaban J connectivity index is 4.46. The van der Waals surface area contributed by atoms with Gasteiger partial charge in [0, 0.05) is 0 Å². The van der Waals surface area contributed by atoms with Crippen molar-refractivity contribution < 1.29 is 18.3 Å². The fraction of sp³-hybridized carbons (Fsp3) is 0.889. The molecule has 84 valence electrons. The smallest absolute Gasteiger partial charge is 0.315 e. The van der Waals surface area contributed by atoms with Crippen LogP contribution in [0.25, 0.3) is 0 Å². The van der Waals surface area contributed by atoms with Gasteiger partial charge < -0.3 is 4.74 Å². The van der Waals surface area contributed by atoms with Gasteiger partial charge in [0.2, 0.25) is 0 Å². The van der Waals surface area contributed by atoms with Gasteiger partial charge in [-0.05, 0) is 12.7 Å². The molecule has 0 spiro atoms.